The summed E-state index contributed by atoms with van der Waals surface area (Å²) in [6.07, 6.45) is 2.32. The van der Waals surface area contributed by atoms with Crippen LogP contribution in [0.3, 0.4) is 0 Å². The topological polar surface area (TPSA) is 97.6 Å². The Morgan fingerprint density at radius 1 is 0.919 bits per heavy atom. The van der Waals surface area contributed by atoms with E-state index in [1.54, 1.807) is 24.3 Å². The van der Waals surface area contributed by atoms with Gasteiger partial charge in [-0.3, -0.25) is 9.59 Å². The van der Waals surface area contributed by atoms with E-state index in [0.29, 0.717) is 30.6 Å². The number of rotatable bonds is 6. The van der Waals surface area contributed by atoms with E-state index in [9.17, 15) is 9.59 Å². The summed E-state index contributed by atoms with van der Waals surface area (Å²) in [4.78, 5) is 32.1. The Morgan fingerprint density at radius 3 is 2.27 bits per heavy atom. The molecule has 1 aliphatic heterocycles. The van der Waals surface area contributed by atoms with Crippen molar-refractivity contribution < 1.29 is 14.3 Å². The van der Waals surface area contributed by atoms with Crippen LogP contribution in [0.15, 0.2) is 91.1 Å². The number of ether oxygens (including phenoxy) is 1. The zero-order valence-electron chi connectivity index (χ0n) is 20.6. The molecular formula is C30H28N4O3. The largest absolute Gasteiger partial charge is 0.497 e. The van der Waals surface area contributed by atoms with E-state index < -0.39 is 0 Å². The zero-order chi connectivity index (χ0) is 25.8. The maximum atomic E-state index is 13.1. The summed E-state index contributed by atoms with van der Waals surface area (Å²) in [6.45, 7) is 1.01. The Morgan fingerprint density at radius 2 is 1.57 bits per heavy atom. The second-order valence-electron chi connectivity index (χ2n) is 9.04. The highest BCUT2D eigenvalue weighted by Crippen LogP contribution is 2.25. The Bertz CT molecular complexity index is 1400. The van der Waals surface area contributed by atoms with Crippen molar-refractivity contribution in [2.75, 3.05) is 25.9 Å². The van der Waals surface area contributed by atoms with E-state index in [1.165, 1.54) is 0 Å². The van der Waals surface area contributed by atoms with Crippen molar-refractivity contribution in [2.45, 2.75) is 12.5 Å². The van der Waals surface area contributed by atoms with E-state index in [0.717, 1.165) is 28.0 Å². The van der Waals surface area contributed by atoms with Crippen molar-refractivity contribution in [3.63, 3.8) is 0 Å². The minimum atomic E-state index is -0.299. The maximum absolute atomic E-state index is 13.1. The summed E-state index contributed by atoms with van der Waals surface area (Å²) in [6, 6.07) is 26.8. The molecule has 186 valence electrons. The van der Waals surface area contributed by atoms with Gasteiger partial charge in [-0.2, -0.15) is 0 Å². The lowest BCUT2D eigenvalue weighted by Gasteiger charge is -2.18. The third-order valence-corrected chi connectivity index (χ3v) is 6.64. The number of methoxy groups -OCH3 is 1. The first kappa shape index (κ1) is 24.1. The van der Waals surface area contributed by atoms with Crippen LogP contribution in [0, 0.1) is 0 Å². The van der Waals surface area contributed by atoms with Crippen molar-refractivity contribution >= 4 is 17.6 Å². The van der Waals surface area contributed by atoms with Gasteiger partial charge in [0.1, 0.15) is 11.6 Å². The van der Waals surface area contributed by atoms with Gasteiger partial charge in [-0.1, -0.05) is 54.6 Å². The number of nitrogens with one attached hydrogen (secondary N) is 1. The van der Waals surface area contributed by atoms with Crippen LogP contribution in [0.2, 0.25) is 0 Å². The van der Waals surface area contributed by atoms with E-state index in [-0.39, 0.29) is 23.7 Å². The molecular weight excluding hydrogens is 464 g/mol. The lowest BCUT2D eigenvalue weighted by molar-refractivity contribution is 0.0783. The second kappa shape index (κ2) is 10.5. The van der Waals surface area contributed by atoms with Gasteiger partial charge in [0, 0.05) is 36.5 Å². The number of carbonyl (C=O) groups is 2. The number of amides is 2. The normalized spacial score (nSPS) is 14.8. The first-order valence-corrected chi connectivity index (χ1v) is 12.2. The fraction of sp³-hybridized carbons (Fsp3) is 0.167. The highest BCUT2D eigenvalue weighted by Gasteiger charge is 2.29. The van der Waals surface area contributed by atoms with Crippen LogP contribution in [0.1, 0.15) is 27.1 Å². The molecule has 1 saturated heterocycles. The average molecular weight is 493 g/mol. The SMILES string of the molecule is COc1ccc(-c2cnc(N)c(C(=O)N[C@@H]3CCN(C(=O)c4ccc(-c5ccccc5)cc4)C3)c2)cc1. The van der Waals surface area contributed by atoms with E-state index in [1.807, 2.05) is 78.9 Å². The number of likely N-dealkylation sites (tertiary alicyclic amines) is 1. The molecule has 1 atom stereocenters. The van der Waals surface area contributed by atoms with E-state index in [2.05, 4.69) is 10.3 Å². The molecule has 2 amide bonds. The van der Waals surface area contributed by atoms with Gasteiger partial charge < -0.3 is 20.7 Å². The third kappa shape index (κ3) is 5.30. The molecule has 7 heteroatoms. The van der Waals surface area contributed by atoms with Gasteiger partial charge in [0.15, 0.2) is 0 Å². The van der Waals surface area contributed by atoms with Crippen LogP contribution in [0.25, 0.3) is 22.3 Å². The van der Waals surface area contributed by atoms with Crippen LogP contribution >= 0.6 is 0 Å². The first-order chi connectivity index (χ1) is 18.0. The number of nitrogens with two attached hydrogens (primary N) is 1. The molecule has 0 unspecified atom stereocenters. The summed E-state index contributed by atoms with van der Waals surface area (Å²) in [5.74, 6) is 0.572. The third-order valence-electron chi connectivity index (χ3n) is 6.64. The number of aromatic nitrogens is 1. The van der Waals surface area contributed by atoms with Crippen LogP contribution in [0.5, 0.6) is 5.75 Å². The molecule has 2 heterocycles. The predicted molar refractivity (Wildman–Crippen MR) is 144 cm³/mol. The Labute approximate surface area is 215 Å². The molecule has 3 N–H and O–H groups in total. The van der Waals surface area contributed by atoms with Crippen molar-refractivity contribution in [1.82, 2.24) is 15.2 Å². The van der Waals surface area contributed by atoms with Gasteiger partial charge in [-0.05, 0) is 53.4 Å². The molecule has 3 aromatic carbocycles. The molecule has 37 heavy (non-hydrogen) atoms. The van der Waals surface area contributed by atoms with Gasteiger partial charge in [0.25, 0.3) is 11.8 Å². The number of hydrogen-bond donors (Lipinski definition) is 2. The highest BCUT2D eigenvalue weighted by atomic mass is 16.5. The molecule has 5 rings (SSSR count). The number of anilines is 1. The molecule has 1 aliphatic rings. The number of carbonyl (C=O) groups excluding carboxylic acids is 2. The summed E-state index contributed by atoms with van der Waals surface area (Å²) in [7, 11) is 1.61. The second-order valence-corrected chi connectivity index (χ2v) is 9.04. The quantitative estimate of drug-likeness (QED) is 0.408. The molecule has 0 aliphatic carbocycles. The van der Waals surface area contributed by atoms with Crippen LogP contribution in [-0.2, 0) is 0 Å². The number of nitrogens with zero attached hydrogens (tertiary/aromatic N) is 2. The number of hydrogen-bond acceptors (Lipinski definition) is 5. The van der Waals surface area contributed by atoms with Gasteiger partial charge in [0.05, 0.1) is 12.7 Å². The fourth-order valence-electron chi connectivity index (χ4n) is 4.54. The highest BCUT2D eigenvalue weighted by molar-refractivity contribution is 6.00. The molecule has 0 radical (unpaired) electrons. The predicted octanol–water partition coefficient (Wildman–Crippen LogP) is 4.65. The molecule has 4 aromatic rings. The Hall–Kier alpha value is -4.65. The molecule has 7 nitrogen and oxygen atoms in total. The smallest absolute Gasteiger partial charge is 0.255 e. The van der Waals surface area contributed by atoms with Crippen LogP contribution in [0.4, 0.5) is 5.82 Å². The Kier molecular flexibility index (Phi) is 6.85. The number of benzene rings is 3. The summed E-state index contributed by atoms with van der Waals surface area (Å²) in [5.41, 5.74) is 10.8. The van der Waals surface area contributed by atoms with E-state index in [4.69, 9.17) is 10.5 Å². The fourth-order valence-corrected chi connectivity index (χ4v) is 4.54. The van der Waals surface area contributed by atoms with Gasteiger partial charge >= 0.3 is 0 Å². The lowest BCUT2D eigenvalue weighted by atomic mass is 10.0. The van der Waals surface area contributed by atoms with Crippen LogP contribution in [-0.4, -0.2) is 47.9 Å². The molecule has 0 spiro atoms. The van der Waals surface area contributed by atoms with E-state index >= 15 is 0 Å². The van der Waals surface area contributed by atoms with Crippen molar-refractivity contribution in [1.29, 1.82) is 0 Å². The summed E-state index contributed by atoms with van der Waals surface area (Å²) in [5, 5.41) is 3.03. The van der Waals surface area contributed by atoms with Gasteiger partial charge in [-0.15, -0.1) is 0 Å². The van der Waals surface area contributed by atoms with Crippen LogP contribution < -0.4 is 15.8 Å². The molecule has 1 fully saturated rings. The maximum Gasteiger partial charge on any atom is 0.255 e. The zero-order valence-corrected chi connectivity index (χ0v) is 20.6. The number of nitrogen functional groups attached to an aromatic ring is 1. The lowest BCUT2D eigenvalue weighted by Crippen LogP contribution is -2.38. The molecule has 1 aromatic heterocycles. The van der Waals surface area contributed by atoms with Crippen molar-refractivity contribution in [3.05, 3.63) is 102 Å². The minimum Gasteiger partial charge on any atom is -0.497 e. The molecule has 0 bridgehead atoms. The summed E-state index contributed by atoms with van der Waals surface area (Å²) < 4.78 is 5.21. The van der Waals surface area contributed by atoms with Gasteiger partial charge in [0.2, 0.25) is 0 Å². The molecule has 0 saturated carbocycles. The van der Waals surface area contributed by atoms with Crippen molar-refractivity contribution in [3.8, 4) is 28.0 Å². The monoisotopic (exact) mass is 492 g/mol. The van der Waals surface area contributed by atoms with Crippen molar-refractivity contribution in [2.24, 2.45) is 0 Å². The van der Waals surface area contributed by atoms with Gasteiger partial charge in [-0.25, -0.2) is 4.98 Å². The standard InChI is InChI=1S/C30H28N4O3/c1-37-26-13-11-22(12-14-26)24-17-27(28(31)32-18-24)29(35)33-25-15-16-34(19-25)30(36)23-9-7-21(8-10-23)20-5-3-2-4-6-20/h2-14,17-18,25H,15-16,19H2,1H3,(H2,31,32)(H,33,35)/t25-/m1/s1. The first-order valence-electron chi connectivity index (χ1n) is 12.2. The minimum absolute atomic E-state index is 0.0426. The average Bonchev–Trinajstić information content (AvgIpc) is 3.42. The summed E-state index contributed by atoms with van der Waals surface area (Å²) >= 11 is 0. The Balaban J connectivity index is 1.23. The number of pyridine rings is 1.